The lowest BCUT2D eigenvalue weighted by molar-refractivity contribution is -0.136. The molecule has 39 heavy (non-hydrogen) atoms. The van der Waals surface area contributed by atoms with Gasteiger partial charge in [-0.05, 0) is 51.7 Å². The predicted molar refractivity (Wildman–Crippen MR) is 155 cm³/mol. The smallest absolute Gasteiger partial charge is 0.239 e. The van der Waals surface area contributed by atoms with E-state index in [9.17, 15) is 14.4 Å². The van der Waals surface area contributed by atoms with Gasteiger partial charge in [0.1, 0.15) is 11.9 Å². The molecule has 5 rings (SSSR count). The van der Waals surface area contributed by atoms with Crippen LogP contribution in [0.2, 0.25) is 0 Å². The van der Waals surface area contributed by atoms with Gasteiger partial charge in [-0.3, -0.25) is 19.3 Å². The molecule has 3 aromatic rings. The number of hydrogen-bond donors (Lipinski definition) is 2. The van der Waals surface area contributed by atoms with Crippen LogP contribution in [0.4, 0.5) is 0 Å². The lowest BCUT2D eigenvalue weighted by Gasteiger charge is -2.26. The number of morpholine rings is 1. The Balaban J connectivity index is 1.14. The summed E-state index contributed by atoms with van der Waals surface area (Å²) in [5.41, 5.74) is 2.02. The van der Waals surface area contributed by atoms with Gasteiger partial charge in [-0.2, -0.15) is 11.3 Å². The van der Waals surface area contributed by atoms with Crippen molar-refractivity contribution in [1.29, 1.82) is 0 Å². The zero-order valence-corrected chi connectivity index (χ0v) is 23.5. The third kappa shape index (κ3) is 7.19. The highest BCUT2D eigenvalue weighted by Crippen LogP contribution is 2.44. The van der Waals surface area contributed by atoms with E-state index in [0.717, 1.165) is 61.2 Å². The van der Waals surface area contributed by atoms with Gasteiger partial charge in [-0.1, -0.05) is 42.5 Å². The number of nitrogens with one attached hydrogen (secondary N) is 2. The minimum Gasteiger partial charge on any atom is -0.379 e. The molecule has 1 aromatic heterocycles. The molecular formula is C29H34N4O4S2. The molecule has 2 saturated heterocycles. The monoisotopic (exact) mass is 566 g/mol. The third-order valence-electron chi connectivity index (χ3n) is 7.08. The van der Waals surface area contributed by atoms with Crippen molar-refractivity contribution in [2.75, 3.05) is 45.9 Å². The summed E-state index contributed by atoms with van der Waals surface area (Å²) in [5.74, 6) is -0.514. The fourth-order valence-corrected chi connectivity index (χ4v) is 7.21. The first-order chi connectivity index (χ1) is 19.1. The maximum atomic E-state index is 13.4. The molecule has 0 saturated carbocycles. The van der Waals surface area contributed by atoms with Crippen molar-refractivity contribution in [3.05, 3.63) is 70.4 Å². The Morgan fingerprint density at radius 3 is 2.64 bits per heavy atom. The summed E-state index contributed by atoms with van der Waals surface area (Å²) in [6.07, 6.45) is 0.925. The highest BCUT2D eigenvalue weighted by atomic mass is 32.2. The minimum absolute atomic E-state index is 0.0158. The molecule has 3 heterocycles. The summed E-state index contributed by atoms with van der Waals surface area (Å²) >= 11 is 3.01. The normalized spacial score (nSPS) is 19.9. The van der Waals surface area contributed by atoms with E-state index in [4.69, 9.17) is 4.74 Å². The fraction of sp³-hybridized carbons (Fsp3) is 0.414. The van der Waals surface area contributed by atoms with E-state index in [1.807, 2.05) is 59.3 Å². The number of amides is 3. The average Bonchev–Trinajstić information content (AvgIpc) is 3.59. The Morgan fingerprint density at radius 1 is 1.00 bits per heavy atom. The van der Waals surface area contributed by atoms with Gasteiger partial charge < -0.3 is 20.3 Å². The molecule has 0 spiro atoms. The van der Waals surface area contributed by atoms with E-state index in [0.29, 0.717) is 13.1 Å². The van der Waals surface area contributed by atoms with Crippen LogP contribution in [0, 0.1) is 0 Å². The molecule has 8 nitrogen and oxygen atoms in total. The van der Waals surface area contributed by atoms with Gasteiger partial charge >= 0.3 is 0 Å². The number of carbonyl (C=O) groups excluding carboxylic acids is 3. The van der Waals surface area contributed by atoms with Gasteiger partial charge in [0, 0.05) is 32.6 Å². The Bertz CT molecular complexity index is 1270. The molecule has 2 aliphatic rings. The number of nitrogens with zero attached hydrogens (tertiary/aromatic N) is 2. The largest absolute Gasteiger partial charge is 0.379 e. The van der Waals surface area contributed by atoms with Crippen LogP contribution < -0.4 is 10.6 Å². The second-order valence-electron chi connectivity index (χ2n) is 9.78. The predicted octanol–water partition coefficient (Wildman–Crippen LogP) is 3.39. The van der Waals surface area contributed by atoms with Crippen LogP contribution in [0.15, 0.2) is 59.3 Å². The second-order valence-corrected chi connectivity index (χ2v) is 11.8. The summed E-state index contributed by atoms with van der Waals surface area (Å²) in [5, 5.41) is 11.3. The number of thioether (sulfide) groups is 1. The van der Waals surface area contributed by atoms with E-state index in [1.54, 1.807) is 16.2 Å². The first-order valence-electron chi connectivity index (χ1n) is 13.4. The molecule has 0 bridgehead atoms. The molecule has 2 atom stereocenters. The quantitative estimate of drug-likeness (QED) is 0.346. The number of rotatable bonds is 11. The summed E-state index contributed by atoms with van der Waals surface area (Å²) in [6, 6.07) is 16.1. The average molecular weight is 567 g/mol. The van der Waals surface area contributed by atoms with E-state index in [-0.39, 0.29) is 36.1 Å². The van der Waals surface area contributed by atoms with Crippen molar-refractivity contribution in [2.24, 2.45) is 0 Å². The van der Waals surface area contributed by atoms with E-state index in [1.165, 1.54) is 11.8 Å². The highest BCUT2D eigenvalue weighted by Gasteiger charge is 2.42. The summed E-state index contributed by atoms with van der Waals surface area (Å²) in [6.45, 7) is 5.22. The van der Waals surface area contributed by atoms with Crippen LogP contribution in [0.5, 0.6) is 0 Å². The van der Waals surface area contributed by atoms with Gasteiger partial charge in [-0.15, -0.1) is 11.8 Å². The molecule has 0 radical (unpaired) electrons. The number of fused-ring (bicyclic) bond motifs is 1. The number of carbonyl (C=O) groups is 3. The molecule has 206 valence electrons. The molecule has 2 N–H and O–H groups in total. The Kier molecular flexibility index (Phi) is 9.52. The van der Waals surface area contributed by atoms with E-state index >= 15 is 0 Å². The molecule has 2 aromatic carbocycles. The zero-order chi connectivity index (χ0) is 27.0. The van der Waals surface area contributed by atoms with Crippen LogP contribution in [0.25, 0.3) is 10.8 Å². The summed E-state index contributed by atoms with van der Waals surface area (Å²) in [7, 11) is 0. The van der Waals surface area contributed by atoms with Crippen molar-refractivity contribution >= 4 is 51.6 Å². The maximum absolute atomic E-state index is 13.4. The standard InChI is InChI=1S/C29H34N4O4S2/c34-26(31-18-22-7-3-6-21-5-1-2-8-24(21)22)17-25-28(36)33(29(39-25)23-9-16-38-20-23)19-27(35)30-10-4-11-32-12-14-37-15-13-32/h1-3,5-9,16,20,25,29H,4,10-15,17-19H2,(H,30,35)(H,31,34)/t25-,29-/m1/s1. The minimum atomic E-state index is -0.531. The molecule has 10 heteroatoms. The first-order valence-corrected chi connectivity index (χ1v) is 15.3. The van der Waals surface area contributed by atoms with Crippen molar-refractivity contribution in [3.63, 3.8) is 0 Å². The van der Waals surface area contributed by atoms with Crippen LogP contribution >= 0.6 is 23.1 Å². The van der Waals surface area contributed by atoms with Crippen LogP contribution in [0.3, 0.4) is 0 Å². The van der Waals surface area contributed by atoms with Gasteiger partial charge in [-0.25, -0.2) is 0 Å². The lowest BCUT2D eigenvalue weighted by Crippen LogP contribution is -2.42. The van der Waals surface area contributed by atoms with Crippen molar-refractivity contribution in [2.45, 2.75) is 30.0 Å². The topological polar surface area (TPSA) is 91.0 Å². The maximum Gasteiger partial charge on any atom is 0.239 e. The zero-order valence-electron chi connectivity index (χ0n) is 21.8. The molecular weight excluding hydrogens is 532 g/mol. The van der Waals surface area contributed by atoms with Gasteiger partial charge in [0.2, 0.25) is 17.7 Å². The third-order valence-corrected chi connectivity index (χ3v) is 9.26. The van der Waals surface area contributed by atoms with Crippen LogP contribution in [-0.2, 0) is 25.7 Å². The van der Waals surface area contributed by atoms with Crippen LogP contribution in [0.1, 0.15) is 29.3 Å². The van der Waals surface area contributed by atoms with Crippen molar-refractivity contribution in [1.82, 2.24) is 20.4 Å². The van der Waals surface area contributed by atoms with Crippen LogP contribution in [-0.4, -0.2) is 78.7 Å². The molecule has 3 amide bonds. The van der Waals surface area contributed by atoms with Gasteiger partial charge in [0.15, 0.2) is 0 Å². The van der Waals surface area contributed by atoms with Gasteiger partial charge in [0.25, 0.3) is 0 Å². The van der Waals surface area contributed by atoms with Crippen molar-refractivity contribution < 1.29 is 19.1 Å². The molecule has 0 unspecified atom stereocenters. The summed E-state index contributed by atoms with van der Waals surface area (Å²) in [4.78, 5) is 43.0. The Labute approximate surface area is 237 Å². The second kappa shape index (κ2) is 13.4. The lowest BCUT2D eigenvalue weighted by atomic mass is 10.0. The highest BCUT2D eigenvalue weighted by molar-refractivity contribution is 8.01. The van der Waals surface area contributed by atoms with E-state index < -0.39 is 5.25 Å². The molecule has 2 fully saturated rings. The number of benzene rings is 2. The molecule has 2 aliphatic heterocycles. The number of thiophene rings is 1. The van der Waals surface area contributed by atoms with Crippen molar-refractivity contribution in [3.8, 4) is 0 Å². The molecule has 0 aliphatic carbocycles. The Morgan fingerprint density at radius 2 is 1.82 bits per heavy atom. The Hall–Kier alpha value is -2.92. The number of hydrogen-bond acceptors (Lipinski definition) is 7. The van der Waals surface area contributed by atoms with Gasteiger partial charge in [0.05, 0.1) is 18.5 Å². The summed E-state index contributed by atoms with van der Waals surface area (Å²) < 4.78 is 5.38. The fourth-order valence-electron chi connectivity index (χ4n) is 5.00. The SMILES string of the molecule is O=C(C[C@H]1S[C@H](c2ccsc2)N(CC(=O)NCCCN2CCOCC2)C1=O)NCc1cccc2ccccc12. The first kappa shape index (κ1) is 27.6. The number of ether oxygens (including phenoxy) is 1. The van der Waals surface area contributed by atoms with E-state index in [2.05, 4.69) is 15.5 Å².